The highest BCUT2D eigenvalue weighted by Gasteiger charge is 2.28. The first-order chi connectivity index (χ1) is 8.90. The topological polar surface area (TPSA) is 112 Å². The van der Waals surface area contributed by atoms with E-state index in [1.807, 2.05) is 6.92 Å². The number of ketones is 1. The lowest BCUT2D eigenvalue weighted by Crippen LogP contribution is -2.52. The molecule has 0 aromatic rings. The molecule has 1 unspecified atom stereocenters. The van der Waals surface area contributed by atoms with Crippen LogP contribution in [0.15, 0.2) is 0 Å². The van der Waals surface area contributed by atoms with E-state index in [-0.39, 0.29) is 23.9 Å². The molecule has 4 N–H and O–H groups in total. The number of ether oxygens (including phenoxy) is 1. The second-order valence-electron chi connectivity index (χ2n) is 4.13. The quantitative estimate of drug-likeness (QED) is 0.461. The van der Waals surface area contributed by atoms with Crippen molar-refractivity contribution in [2.75, 3.05) is 12.4 Å². The molecule has 0 aromatic carbocycles. The summed E-state index contributed by atoms with van der Waals surface area (Å²) in [6, 6.07) is -2.23. The van der Waals surface area contributed by atoms with Crippen molar-refractivity contribution in [3.05, 3.63) is 0 Å². The number of esters is 1. The van der Waals surface area contributed by atoms with E-state index < -0.39 is 18.1 Å². The van der Waals surface area contributed by atoms with Crippen LogP contribution in [0.1, 0.15) is 33.1 Å². The predicted molar refractivity (Wildman–Crippen MR) is 74.6 cm³/mol. The van der Waals surface area contributed by atoms with Gasteiger partial charge in [-0.3, -0.25) is 14.4 Å². The summed E-state index contributed by atoms with van der Waals surface area (Å²) in [5.41, 5.74) is 11.2. The van der Waals surface area contributed by atoms with E-state index in [2.05, 4.69) is 0 Å². The van der Waals surface area contributed by atoms with Crippen molar-refractivity contribution in [3.8, 4) is 0 Å². The van der Waals surface area contributed by atoms with Gasteiger partial charge in [0.15, 0.2) is 10.9 Å². The van der Waals surface area contributed by atoms with Crippen LogP contribution in [0.4, 0.5) is 0 Å². The average Bonchev–Trinajstić information content (AvgIpc) is 2.36. The molecule has 0 aliphatic carbocycles. The van der Waals surface area contributed by atoms with Gasteiger partial charge in [0.1, 0.15) is 6.04 Å². The molecular formula is C12H22N2O4S. The van der Waals surface area contributed by atoms with Crippen LogP contribution < -0.4 is 11.5 Å². The summed E-state index contributed by atoms with van der Waals surface area (Å²) < 4.78 is 4.90. The molecule has 0 aliphatic rings. The molecule has 110 valence electrons. The maximum absolute atomic E-state index is 11.7. The highest BCUT2D eigenvalue weighted by atomic mass is 32.2. The van der Waals surface area contributed by atoms with E-state index >= 15 is 0 Å². The Morgan fingerprint density at radius 3 is 2.37 bits per heavy atom. The zero-order valence-electron chi connectivity index (χ0n) is 11.4. The average molecular weight is 290 g/mol. The Balaban J connectivity index is 4.08. The summed E-state index contributed by atoms with van der Waals surface area (Å²) >= 11 is 1.04. The van der Waals surface area contributed by atoms with Crippen LogP contribution >= 0.6 is 11.8 Å². The Hall–Kier alpha value is -0.920. The van der Waals surface area contributed by atoms with E-state index in [0.29, 0.717) is 5.75 Å². The maximum atomic E-state index is 11.7. The Morgan fingerprint density at radius 2 is 1.84 bits per heavy atom. The molecule has 0 bridgehead atoms. The molecule has 0 rings (SSSR count). The van der Waals surface area contributed by atoms with Gasteiger partial charge in [-0.2, -0.15) is 0 Å². The molecule has 0 spiro atoms. The lowest BCUT2D eigenvalue weighted by Gasteiger charge is -2.17. The molecule has 2 atom stereocenters. The van der Waals surface area contributed by atoms with Gasteiger partial charge < -0.3 is 16.2 Å². The van der Waals surface area contributed by atoms with E-state index in [1.165, 1.54) is 6.92 Å². The summed E-state index contributed by atoms with van der Waals surface area (Å²) in [5.74, 6) is -0.651. The minimum absolute atomic E-state index is 0.0651. The van der Waals surface area contributed by atoms with Gasteiger partial charge in [0, 0.05) is 19.1 Å². The molecule has 0 saturated carbocycles. The summed E-state index contributed by atoms with van der Waals surface area (Å²) in [6.45, 7) is 3.67. The van der Waals surface area contributed by atoms with E-state index in [9.17, 15) is 14.4 Å². The Bertz CT molecular complexity index is 323. The lowest BCUT2D eigenvalue weighted by molar-refractivity contribution is -0.147. The Labute approximate surface area is 117 Å². The second-order valence-corrected chi connectivity index (χ2v) is 5.40. The second kappa shape index (κ2) is 9.94. The number of Topliss-reactive ketones (excluding diaryl/α,β-unsaturated/α-hetero) is 1. The molecule has 0 amide bonds. The van der Waals surface area contributed by atoms with Gasteiger partial charge in [-0.1, -0.05) is 25.1 Å². The molecule has 0 aromatic heterocycles. The monoisotopic (exact) mass is 290 g/mol. The van der Waals surface area contributed by atoms with Crippen LogP contribution in [0.25, 0.3) is 0 Å². The summed E-state index contributed by atoms with van der Waals surface area (Å²) in [4.78, 5) is 33.9. The largest absolute Gasteiger partial charge is 0.464 e. The number of rotatable bonds is 9. The molecular weight excluding hydrogens is 268 g/mol. The van der Waals surface area contributed by atoms with Crippen molar-refractivity contribution in [1.29, 1.82) is 0 Å². The number of carbonyl (C=O) groups is 3. The van der Waals surface area contributed by atoms with E-state index in [0.717, 1.165) is 24.6 Å². The number of carbonyl (C=O) groups excluding carboxylic acids is 3. The summed E-state index contributed by atoms with van der Waals surface area (Å²) in [7, 11) is 0. The van der Waals surface area contributed by atoms with Crippen molar-refractivity contribution < 1.29 is 19.1 Å². The standard InChI is InChI=1S/C12H22N2O4S/c1-3-4-6-18-12(17)11(14)10(13)9(16)5-7-19-8(2)15/h10-11H,3-7,13-14H2,1-2H3/t10?,11-/m0/s1. The molecule has 0 fully saturated rings. The fourth-order valence-electron chi connectivity index (χ4n) is 1.22. The molecule has 0 aliphatic heterocycles. The zero-order chi connectivity index (χ0) is 14.8. The highest BCUT2D eigenvalue weighted by Crippen LogP contribution is 2.06. The van der Waals surface area contributed by atoms with Crippen LogP contribution in [0.5, 0.6) is 0 Å². The number of hydrogen-bond donors (Lipinski definition) is 2. The number of unbranched alkanes of at least 4 members (excludes halogenated alkanes) is 1. The van der Waals surface area contributed by atoms with Crippen molar-refractivity contribution in [2.45, 2.75) is 45.2 Å². The van der Waals surface area contributed by atoms with Gasteiger partial charge in [-0.15, -0.1) is 0 Å². The molecule has 7 heteroatoms. The molecule has 6 nitrogen and oxygen atoms in total. The van der Waals surface area contributed by atoms with Crippen molar-refractivity contribution in [1.82, 2.24) is 0 Å². The normalized spacial score (nSPS) is 13.7. The summed E-state index contributed by atoms with van der Waals surface area (Å²) in [5, 5.41) is -0.0651. The third-order valence-corrected chi connectivity index (χ3v) is 3.24. The predicted octanol–water partition coefficient (Wildman–Crippen LogP) is 0.223. The Morgan fingerprint density at radius 1 is 1.21 bits per heavy atom. The first-order valence-electron chi connectivity index (χ1n) is 6.24. The molecule has 19 heavy (non-hydrogen) atoms. The minimum atomic E-state index is -1.15. The van der Waals surface area contributed by atoms with Gasteiger partial charge in [-0.05, 0) is 6.42 Å². The van der Waals surface area contributed by atoms with Gasteiger partial charge in [0.2, 0.25) is 0 Å². The van der Waals surface area contributed by atoms with Crippen LogP contribution in [0.2, 0.25) is 0 Å². The van der Waals surface area contributed by atoms with Gasteiger partial charge in [0.25, 0.3) is 0 Å². The highest BCUT2D eigenvalue weighted by molar-refractivity contribution is 8.13. The third kappa shape index (κ3) is 7.97. The fraction of sp³-hybridized carbons (Fsp3) is 0.750. The first kappa shape index (κ1) is 18.1. The number of hydrogen-bond acceptors (Lipinski definition) is 7. The van der Waals surface area contributed by atoms with Gasteiger partial charge in [-0.25, -0.2) is 0 Å². The molecule has 0 saturated heterocycles. The van der Waals surface area contributed by atoms with Crippen LogP contribution in [-0.2, 0) is 19.1 Å². The SMILES string of the molecule is CCCCOC(=O)[C@@H](N)C(N)C(=O)CCSC(C)=O. The van der Waals surface area contributed by atoms with Crippen molar-refractivity contribution >= 4 is 28.6 Å². The zero-order valence-corrected chi connectivity index (χ0v) is 12.2. The third-order valence-electron chi connectivity index (χ3n) is 2.43. The van der Waals surface area contributed by atoms with Crippen molar-refractivity contribution in [3.63, 3.8) is 0 Å². The Kier molecular flexibility index (Phi) is 9.46. The van der Waals surface area contributed by atoms with Crippen molar-refractivity contribution in [2.24, 2.45) is 11.5 Å². The number of nitrogens with two attached hydrogens (primary N) is 2. The minimum Gasteiger partial charge on any atom is -0.464 e. The lowest BCUT2D eigenvalue weighted by atomic mass is 10.0. The maximum Gasteiger partial charge on any atom is 0.325 e. The van der Waals surface area contributed by atoms with Gasteiger partial charge in [0.05, 0.1) is 12.6 Å². The fourth-order valence-corrected chi connectivity index (χ4v) is 1.81. The van der Waals surface area contributed by atoms with Crippen LogP contribution in [0.3, 0.4) is 0 Å². The number of thioether (sulfide) groups is 1. The van der Waals surface area contributed by atoms with E-state index in [1.54, 1.807) is 0 Å². The first-order valence-corrected chi connectivity index (χ1v) is 7.22. The van der Waals surface area contributed by atoms with Gasteiger partial charge >= 0.3 is 5.97 Å². The summed E-state index contributed by atoms with van der Waals surface area (Å²) in [6.07, 6.45) is 1.76. The molecule has 0 heterocycles. The van der Waals surface area contributed by atoms with Crippen LogP contribution in [0, 0.1) is 0 Å². The van der Waals surface area contributed by atoms with E-state index in [4.69, 9.17) is 16.2 Å². The molecule has 0 radical (unpaired) electrons. The smallest absolute Gasteiger partial charge is 0.325 e. The van der Waals surface area contributed by atoms with Crippen LogP contribution in [-0.4, -0.2) is 41.3 Å².